The van der Waals surface area contributed by atoms with Gasteiger partial charge in [-0.15, -0.1) is 0 Å². The minimum Gasteiger partial charge on any atom is -0.496 e. The van der Waals surface area contributed by atoms with Crippen LogP contribution in [0.4, 0.5) is 4.79 Å². The average Bonchev–Trinajstić information content (AvgIpc) is 2.45. The van der Waals surface area contributed by atoms with Crippen LogP contribution < -0.4 is 15.4 Å². The van der Waals surface area contributed by atoms with Crippen molar-refractivity contribution >= 4 is 17.9 Å². The molecular weight excluding hydrogens is 276 g/mol. The molecule has 0 fully saturated rings. The lowest BCUT2D eigenvalue weighted by Gasteiger charge is -2.09. The van der Waals surface area contributed by atoms with Crippen molar-refractivity contribution in [2.75, 3.05) is 13.7 Å². The number of aliphatic carboxylic acids is 1. The lowest BCUT2D eigenvalue weighted by molar-refractivity contribution is -0.138. The molecule has 1 rings (SSSR count). The zero-order valence-electron chi connectivity index (χ0n) is 11.7. The maximum absolute atomic E-state index is 11.4. The summed E-state index contributed by atoms with van der Waals surface area (Å²) in [5.74, 6) is -0.967. The van der Waals surface area contributed by atoms with E-state index in [1.807, 2.05) is 24.3 Å². The van der Waals surface area contributed by atoms with Gasteiger partial charge in [-0.05, 0) is 18.1 Å². The summed E-state index contributed by atoms with van der Waals surface area (Å²) in [4.78, 5) is 32.9. The summed E-state index contributed by atoms with van der Waals surface area (Å²) in [5.41, 5.74) is 0.942. The van der Waals surface area contributed by atoms with Crippen molar-refractivity contribution in [3.05, 3.63) is 29.8 Å². The molecule has 7 nitrogen and oxygen atoms in total. The van der Waals surface area contributed by atoms with Gasteiger partial charge < -0.3 is 15.2 Å². The fourth-order valence-corrected chi connectivity index (χ4v) is 1.67. The molecule has 0 aliphatic rings. The van der Waals surface area contributed by atoms with Gasteiger partial charge >= 0.3 is 12.0 Å². The number of amides is 3. The molecule has 0 atom stereocenters. The first-order valence-electron chi connectivity index (χ1n) is 6.44. The van der Waals surface area contributed by atoms with Gasteiger partial charge in [-0.3, -0.25) is 14.9 Å². The van der Waals surface area contributed by atoms with Gasteiger partial charge in [0.05, 0.1) is 13.5 Å². The first-order chi connectivity index (χ1) is 10.0. The topological polar surface area (TPSA) is 105 Å². The lowest BCUT2D eigenvalue weighted by atomic mass is 10.1. The predicted molar refractivity (Wildman–Crippen MR) is 75.1 cm³/mol. The molecule has 114 valence electrons. The maximum Gasteiger partial charge on any atom is 0.321 e. The smallest absolute Gasteiger partial charge is 0.321 e. The van der Waals surface area contributed by atoms with E-state index in [2.05, 4.69) is 10.6 Å². The fourth-order valence-electron chi connectivity index (χ4n) is 1.67. The van der Waals surface area contributed by atoms with Gasteiger partial charge in [0.15, 0.2) is 0 Å². The number of ether oxygens (including phenoxy) is 1. The summed E-state index contributed by atoms with van der Waals surface area (Å²) >= 11 is 0. The highest BCUT2D eigenvalue weighted by Gasteiger charge is 2.09. The van der Waals surface area contributed by atoms with Crippen LogP contribution in [-0.4, -0.2) is 36.7 Å². The molecule has 1 aromatic rings. The summed E-state index contributed by atoms with van der Waals surface area (Å²) < 4.78 is 5.18. The van der Waals surface area contributed by atoms with Crippen LogP contribution in [0.2, 0.25) is 0 Å². The monoisotopic (exact) mass is 294 g/mol. The summed E-state index contributed by atoms with van der Waals surface area (Å²) in [6.45, 7) is 0.332. The van der Waals surface area contributed by atoms with E-state index in [0.29, 0.717) is 13.0 Å². The van der Waals surface area contributed by atoms with E-state index in [-0.39, 0.29) is 12.8 Å². The van der Waals surface area contributed by atoms with Crippen LogP contribution in [0.15, 0.2) is 24.3 Å². The van der Waals surface area contributed by atoms with E-state index in [4.69, 9.17) is 9.84 Å². The van der Waals surface area contributed by atoms with E-state index in [1.165, 1.54) is 0 Å². The Kier molecular flexibility index (Phi) is 6.73. The summed E-state index contributed by atoms with van der Waals surface area (Å²) in [6, 6.07) is 6.79. The first-order valence-corrected chi connectivity index (χ1v) is 6.44. The van der Waals surface area contributed by atoms with E-state index in [9.17, 15) is 14.4 Å². The number of imide groups is 1. The predicted octanol–water partition coefficient (Wildman–Crippen LogP) is 0.928. The molecule has 1 aromatic carbocycles. The Morgan fingerprint density at radius 2 is 1.90 bits per heavy atom. The number of carbonyl (C=O) groups excluding carboxylic acids is 2. The minimum atomic E-state index is -1.08. The van der Waals surface area contributed by atoms with Crippen LogP contribution >= 0.6 is 0 Å². The fraction of sp³-hybridized carbons (Fsp3) is 0.357. The van der Waals surface area contributed by atoms with Crippen molar-refractivity contribution in [3.63, 3.8) is 0 Å². The van der Waals surface area contributed by atoms with Crippen molar-refractivity contribution < 1.29 is 24.2 Å². The zero-order valence-corrected chi connectivity index (χ0v) is 11.7. The van der Waals surface area contributed by atoms with Crippen molar-refractivity contribution in [3.8, 4) is 5.75 Å². The Morgan fingerprint density at radius 3 is 2.57 bits per heavy atom. The number of carboxylic acid groups (broad SMARTS) is 1. The van der Waals surface area contributed by atoms with Crippen molar-refractivity contribution in [2.45, 2.75) is 19.3 Å². The molecule has 0 saturated carbocycles. The third-order valence-electron chi connectivity index (χ3n) is 2.69. The molecule has 0 radical (unpaired) electrons. The summed E-state index contributed by atoms with van der Waals surface area (Å²) in [6.07, 6.45) is 0.0241. The van der Waals surface area contributed by atoms with E-state index >= 15 is 0 Å². The second kappa shape index (κ2) is 8.57. The first kappa shape index (κ1) is 16.5. The number of hydrogen-bond acceptors (Lipinski definition) is 4. The Hall–Kier alpha value is -2.57. The largest absolute Gasteiger partial charge is 0.496 e. The number of carboxylic acids is 1. The van der Waals surface area contributed by atoms with Gasteiger partial charge in [0.25, 0.3) is 0 Å². The van der Waals surface area contributed by atoms with Crippen LogP contribution in [-0.2, 0) is 16.0 Å². The molecule has 0 spiro atoms. The van der Waals surface area contributed by atoms with Gasteiger partial charge in [0.1, 0.15) is 5.75 Å². The number of urea groups is 1. The van der Waals surface area contributed by atoms with Crippen LogP contribution in [0.5, 0.6) is 5.75 Å². The van der Waals surface area contributed by atoms with Gasteiger partial charge in [-0.1, -0.05) is 18.2 Å². The third kappa shape index (κ3) is 6.42. The Morgan fingerprint density at radius 1 is 1.19 bits per heavy atom. The third-order valence-corrected chi connectivity index (χ3v) is 2.69. The van der Waals surface area contributed by atoms with Gasteiger partial charge in [-0.25, -0.2) is 4.79 Å². The highest BCUT2D eigenvalue weighted by Crippen LogP contribution is 2.17. The number of para-hydroxylation sites is 1. The molecule has 0 saturated heterocycles. The van der Waals surface area contributed by atoms with Crippen LogP contribution in [0.1, 0.15) is 18.4 Å². The van der Waals surface area contributed by atoms with Gasteiger partial charge in [-0.2, -0.15) is 0 Å². The Labute approximate surface area is 122 Å². The van der Waals surface area contributed by atoms with Gasteiger partial charge in [0.2, 0.25) is 5.91 Å². The van der Waals surface area contributed by atoms with Crippen LogP contribution in [0.25, 0.3) is 0 Å². The lowest BCUT2D eigenvalue weighted by Crippen LogP contribution is -2.40. The molecule has 3 amide bonds. The molecule has 21 heavy (non-hydrogen) atoms. The number of rotatable bonds is 7. The van der Waals surface area contributed by atoms with Gasteiger partial charge in [0, 0.05) is 13.0 Å². The standard InChI is InChI=1S/C14H18N2O5/c1-21-11-5-3-2-4-10(11)8-9-15-14(20)16-12(17)6-7-13(18)19/h2-5H,6-9H2,1H3,(H,18,19)(H2,15,16,17,20). The maximum atomic E-state index is 11.4. The van der Waals surface area contributed by atoms with E-state index in [0.717, 1.165) is 11.3 Å². The van der Waals surface area contributed by atoms with Crippen molar-refractivity contribution in [2.24, 2.45) is 0 Å². The van der Waals surface area contributed by atoms with E-state index < -0.39 is 17.9 Å². The van der Waals surface area contributed by atoms with Crippen LogP contribution in [0.3, 0.4) is 0 Å². The molecule has 0 unspecified atom stereocenters. The number of hydrogen-bond donors (Lipinski definition) is 3. The summed E-state index contributed by atoms with van der Waals surface area (Å²) in [7, 11) is 1.57. The molecule has 3 N–H and O–H groups in total. The highest BCUT2D eigenvalue weighted by molar-refractivity contribution is 5.95. The minimum absolute atomic E-state index is 0.227. The average molecular weight is 294 g/mol. The summed E-state index contributed by atoms with van der Waals surface area (Å²) in [5, 5.41) is 13.0. The normalized spacial score (nSPS) is 9.76. The zero-order chi connectivity index (χ0) is 15.7. The molecule has 0 aromatic heterocycles. The molecule has 7 heteroatoms. The molecular formula is C14H18N2O5. The van der Waals surface area contributed by atoms with E-state index in [1.54, 1.807) is 7.11 Å². The molecule has 0 bridgehead atoms. The number of carbonyl (C=O) groups is 3. The number of benzene rings is 1. The Balaban J connectivity index is 2.30. The molecule has 0 heterocycles. The number of methoxy groups -OCH3 is 1. The molecule has 0 aliphatic heterocycles. The Bertz CT molecular complexity index is 516. The second-order valence-corrected chi connectivity index (χ2v) is 4.26. The second-order valence-electron chi connectivity index (χ2n) is 4.26. The molecule has 0 aliphatic carbocycles. The number of nitrogens with one attached hydrogen (secondary N) is 2. The highest BCUT2D eigenvalue weighted by atomic mass is 16.5. The van der Waals surface area contributed by atoms with Crippen molar-refractivity contribution in [1.82, 2.24) is 10.6 Å². The van der Waals surface area contributed by atoms with Crippen LogP contribution in [0, 0.1) is 0 Å². The van der Waals surface area contributed by atoms with Crippen molar-refractivity contribution in [1.29, 1.82) is 0 Å². The SMILES string of the molecule is COc1ccccc1CCNC(=O)NC(=O)CCC(=O)O. The quantitative estimate of drug-likeness (QED) is 0.694.